The molecule has 1 atom stereocenters. The van der Waals surface area contributed by atoms with E-state index in [-0.39, 0.29) is 11.2 Å². The lowest BCUT2D eigenvalue weighted by molar-refractivity contribution is 0.00723. The molecule has 0 bridgehead atoms. The SMILES string of the molecule is CC(C)(C)CC(O)COCCOc1ccc(C(=O)C(C)(C)O)cc1. The first kappa shape index (κ1) is 20.6. The van der Waals surface area contributed by atoms with Crippen molar-refractivity contribution < 1.29 is 24.5 Å². The molecule has 0 heterocycles. The molecule has 0 aliphatic rings. The number of rotatable bonds is 9. The Hall–Kier alpha value is -1.43. The molecule has 1 aromatic carbocycles. The molecule has 136 valence electrons. The van der Waals surface area contributed by atoms with E-state index in [2.05, 4.69) is 20.8 Å². The molecule has 1 unspecified atom stereocenters. The summed E-state index contributed by atoms with van der Waals surface area (Å²) in [6, 6.07) is 6.63. The summed E-state index contributed by atoms with van der Waals surface area (Å²) in [6.45, 7) is 10.2. The number of aliphatic hydroxyl groups is 2. The number of hydrogen-bond donors (Lipinski definition) is 2. The monoisotopic (exact) mass is 338 g/mol. The molecular weight excluding hydrogens is 308 g/mol. The maximum Gasteiger partial charge on any atom is 0.193 e. The minimum atomic E-state index is -1.38. The van der Waals surface area contributed by atoms with Crippen LogP contribution in [0.3, 0.4) is 0 Å². The summed E-state index contributed by atoms with van der Waals surface area (Å²) < 4.78 is 10.9. The summed E-state index contributed by atoms with van der Waals surface area (Å²) >= 11 is 0. The van der Waals surface area contributed by atoms with E-state index in [1.165, 1.54) is 13.8 Å². The predicted octanol–water partition coefficient (Wildman–Crippen LogP) is 2.83. The van der Waals surface area contributed by atoms with Gasteiger partial charge in [0.25, 0.3) is 0 Å². The highest BCUT2D eigenvalue weighted by Crippen LogP contribution is 2.21. The Labute approximate surface area is 144 Å². The number of Topliss-reactive ketones (excluding diaryl/α,β-unsaturated/α-hetero) is 1. The molecule has 0 radical (unpaired) electrons. The lowest BCUT2D eigenvalue weighted by Gasteiger charge is -2.22. The van der Waals surface area contributed by atoms with Crippen LogP contribution in [0, 0.1) is 5.41 Å². The second kappa shape index (κ2) is 8.60. The first-order valence-electron chi connectivity index (χ1n) is 8.25. The average molecular weight is 338 g/mol. The third kappa shape index (κ3) is 7.90. The lowest BCUT2D eigenvalue weighted by atomic mass is 9.89. The van der Waals surface area contributed by atoms with Gasteiger partial charge in [-0.15, -0.1) is 0 Å². The van der Waals surface area contributed by atoms with Gasteiger partial charge in [-0.05, 0) is 49.9 Å². The standard InChI is InChI=1S/C19H30O5/c1-18(2,3)12-15(20)13-23-10-11-24-16-8-6-14(7-9-16)17(21)19(4,5)22/h6-9,15,20,22H,10-13H2,1-5H3. The molecule has 0 aromatic heterocycles. The van der Waals surface area contributed by atoms with Gasteiger partial charge in [-0.3, -0.25) is 4.79 Å². The summed E-state index contributed by atoms with van der Waals surface area (Å²) in [6.07, 6.45) is 0.210. The zero-order valence-electron chi connectivity index (χ0n) is 15.3. The van der Waals surface area contributed by atoms with Crippen molar-refractivity contribution >= 4 is 5.78 Å². The second-order valence-corrected chi connectivity index (χ2v) is 7.75. The quantitative estimate of drug-likeness (QED) is 0.535. The molecule has 0 fully saturated rings. The number of ether oxygens (including phenoxy) is 2. The van der Waals surface area contributed by atoms with Crippen molar-refractivity contribution in [2.45, 2.75) is 52.7 Å². The summed E-state index contributed by atoms with van der Waals surface area (Å²) in [7, 11) is 0. The fraction of sp³-hybridized carbons (Fsp3) is 0.632. The molecule has 0 saturated carbocycles. The Morgan fingerprint density at radius 1 is 1.08 bits per heavy atom. The topological polar surface area (TPSA) is 76.0 Å². The van der Waals surface area contributed by atoms with Gasteiger partial charge in [0.05, 0.1) is 19.3 Å². The minimum absolute atomic E-state index is 0.0710. The van der Waals surface area contributed by atoms with Crippen LogP contribution in [0.4, 0.5) is 0 Å². The summed E-state index contributed by atoms with van der Waals surface area (Å²) in [4.78, 5) is 11.9. The van der Waals surface area contributed by atoms with E-state index >= 15 is 0 Å². The fourth-order valence-corrected chi connectivity index (χ4v) is 2.26. The Morgan fingerprint density at radius 3 is 2.17 bits per heavy atom. The van der Waals surface area contributed by atoms with E-state index in [4.69, 9.17) is 9.47 Å². The van der Waals surface area contributed by atoms with Crippen molar-refractivity contribution in [3.05, 3.63) is 29.8 Å². The maximum absolute atomic E-state index is 11.9. The van der Waals surface area contributed by atoms with Gasteiger partial charge in [-0.2, -0.15) is 0 Å². The molecule has 5 nitrogen and oxygen atoms in total. The van der Waals surface area contributed by atoms with E-state index in [1.54, 1.807) is 24.3 Å². The highest BCUT2D eigenvalue weighted by Gasteiger charge is 2.24. The fourth-order valence-electron chi connectivity index (χ4n) is 2.26. The van der Waals surface area contributed by atoms with Crippen molar-refractivity contribution in [3.63, 3.8) is 0 Å². The van der Waals surface area contributed by atoms with E-state index in [0.29, 0.717) is 37.6 Å². The Kier molecular flexibility index (Phi) is 7.39. The number of carbonyl (C=O) groups is 1. The van der Waals surface area contributed by atoms with Crippen LogP contribution in [0.5, 0.6) is 5.75 Å². The number of ketones is 1. The highest BCUT2D eigenvalue weighted by molar-refractivity contribution is 6.01. The second-order valence-electron chi connectivity index (χ2n) is 7.75. The molecule has 0 amide bonds. The molecule has 0 saturated heterocycles. The van der Waals surface area contributed by atoms with Gasteiger partial charge in [-0.1, -0.05) is 20.8 Å². The van der Waals surface area contributed by atoms with Crippen LogP contribution in [0.1, 0.15) is 51.4 Å². The third-order valence-corrected chi connectivity index (χ3v) is 3.33. The van der Waals surface area contributed by atoms with Gasteiger partial charge in [0.2, 0.25) is 0 Å². The van der Waals surface area contributed by atoms with Crippen LogP contribution in [0.15, 0.2) is 24.3 Å². The molecule has 0 spiro atoms. The Morgan fingerprint density at radius 2 is 1.67 bits per heavy atom. The summed E-state index contributed by atoms with van der Waals surface area (Å²) in [5, 5.41) is 19.5. The zero-order valence-corrected chi connectivity index (χ0v) is 15.3. The van der Waals surface area contributed by atoms with Gasteiger partial charge < -0.3 is 19.7 Å². The van der Waals surface area contributed by atoms with Crippen LogP contribution < -0.4 is 4.74 Å². The van der Waals surface area contributed by atoms with Crippen molar-refractivity contribution in [3.8, 4) is 5.75 Å². The normalized spacial score (nSPS) is 13.6. The van der Waals surface area contributed by atoms with E-state index in [1.807, 2.05) is 0 Å². The van der Waals surface area contributed by atoms with Crippen molar-refractivity contribution in [2.75, 3.05) is 19.8 Å². The van der Waals surface area contributed by atoms with Crippen LogP contribution in [-0.4, -0.2) is 47.5 Å². The zero-order chi connectivity index (χ0) is 18.4. The smallest absolute Gasteiger partial charge is 0.193 e. The van der Waals surface area contributed by atoms with Gasteiger partial charge in [-0.25, -0.2) is 0 Å². The van der Waals surface area contributed by atoms with Gasteiger partial charge in [0.15, 0.2) is 5.78 Å². The van der Waals surface area contributed by atoms with Crippen LogP contribution in [-0.2, 0) is 4.74 Å². The summed E-state index contributed by atoms with van der Waals surface area (Å²) in [5.41, 5.74) is -0.873. The lowest BCUT2D eigenvalue weighted by Crippen LogP contribution is -2.30. The molecular formula is C19H30O5. The molecule has 1 rings (SSSR count). The molecule has 0 aliphatic heterocycles. The molecule has 0 aliphatic carbocycles. The predicted molar refractivity (Wildman–Crippen MR) is 93.5 cm³/mol. The Bertz CT molecular complexity index is 508. The third-order valence-electron chi connectivity index (χ3n) is 3.33. The minimum Gasteiger partial charge on any atom is -0.491 e. The molecule has 5 heteroatoms. The molecule has 24 heavy (non-hydrogen) atoms. The maximum atomic E-state index is 11.9. The van der Waals surface area contributed by atoms with Crippen molar-refractivity contribution in [1.82, 2.24) is 0 Å². The van der Waals surface area contributed by atoms with Crippen molar-refractivity contribution in [1.29, 1.82) is 0 Å². The first-order chi connectivity index (χ1) is 11.0. The Balaban J connectivity index is 2.30. The highest BCUT2D eigenvalue weighted by atomic mass is 16.5. The molecule has 1 aromatic rings. The molecule has 2 N–H and O–H groups in total. The number of benzene rings is 1. The summed E-state index contributed by atoms with van der Waals surface area (Å²) in [5.74, 6) is 0.298. The average Bonchev–Trinajstić information content (AvgIpc) is 2.44. The van der Waals surface area contributed by atoms with E-state index in [9.17, 15) is 15.0 Å². The van der Waals surface area contributed by atoms with Crippen molar-refractivity contribution in [2.24, 2.45) is 5.41 Å². The largest absolute Gasteiger partial charge is 0.491 e. The van der Waals surface area contributed by atoms with Gasteiger partial charge in [0, 0.05) is 5.56 Å². The van der Waals surface area contributed by atoms with Crippen LogP contribution in [0.2, 0.25) is 0 Å². The number of aliphatic hydroxyl groups excluding tert-OH is 1. The van der Waals surface area contributed by atoms with E-state index in [0.717, 1.165) is 0 Å². The van der Waals surface area contributed by atoms with Gasteiger partial charge >= 0.3 is 0 Å². The van der Waals surface area contributed by atoms with Crippen LogP contribution in [0.25, 0.3) is 0 Å². The number of carbonyl (C=O) groups excluding carboxylic acids is 1. The van der Waals surface area contributed by atoms with Gasteiger partial charge in [0.1, 0.15) is 18.0 Å². The number of hydrogen-bond acceptors (Lipinski definition) is 5. The first-order valence-corrected chi connectivity index (χ1v) is 8.25. The van der Waals surface area contributed by atoms with E-state index < -0.39 is 11.7 Å². The van der Waals surface area contributed by atoms with Crippen LogP contribution >= 0.6 is 0 Å².